The van der Waals surface area contributed by atoms with Crippen LogP contribution in [0, 0.1) is 6.92 Å². The summed E-state index contributed by atoms with van der Waals surface area (Å²) >= 11 is 8.35. The van der Waals surface area contributed by atoms with Crippen molar-refractivity contribution in [2.45, 2.75) is 25.3 Å². The van der Waals surface area contributed by atoms with Crippen molar-refractivity contribution in [3.63, 3.8) is 0 Å². The maximum Gasteiger partial charge on any atom is 0.261 e. The number of rotatable bonds is 3. The highest BCUT2D eigenvalue weighted by atomic mass is 79.9. The third-order valence-electron chi connectivity index (χ3n) is 2.57. The Balaban J connectivity index is 2.08. The third-order valence-corrected chi connectivity index (χ3v) is 5.78. The minimum absolute atomic E-state index is 0.0292. The normalized spacial score (nSPS) is 17.5. The molecule has 0 aromatic carbocycles. The van der Waals surface area contributed by atoms with Crippen molar-refractivity contribution in [2.75, 3.05) is 5.33 Å². The first kappa shape index (κ1) is 11.6. The number of hydrogen-bond donors (Lipinski definition) is 1. The number of amides is 1. The van der Waals surface area contributed by atoms with Crippen LogP contribution in [0.3, 0.4) is 0 Å². The van der Waals surface area contributed by atoms with Gasteiger partial charge in [-0.15, -0.1) is 11.3 Å². The molecule has 1 aromatic rings. The molecule has 1 amide bonds. The summed E-state index contributed by atoms with van der Waals surface area (Å²) in [6.45, 7) is 1.99. The van der Waals surface area contributed by atoms with Crippen LogP contribution in [0.4, 0.5) is 0 Å². The molecule has 15 heavy (non-hydrogen) atoms. The molecule has 2 nitrogen and oxygen atoms in total. The fourth-order valence-corrected chi connectivity index (χ4v) is 3.45. The van der Waals surface area contributed by atoms with E-state index < -0.39 is 0 Å². The summed E-state index contributed by atoms with van der Waals surface area (Å²) < 4.78 is 1.04. The number of carbonyl (C=O) groups excluding carboxylic acids is 1. The number of carbonyl (C=O) groups is 1. The van der Waals surface area contributed by atoms with Crippen molar-refractivity contribution in [3.05, 3.63) is 20.3 Å². The van der Waals surface area contributed by atoms with E-state index in [2.05, 4.69) is 37.2 Å². The molecule has 82 valence electrons. The molecule has 1 N–H and O–H groups in total. The van der Waals surface area contributed by atoms with E-state index in [-0.39, 0.29) is 11.4 Å². The lowest BCUT2D eigenvalue weighted by Crippen LogP contribution is -2.37. The van der Waals surface area contributed by atoms with Gasteiger partial charge in [-0.2, -0.15) is 0 Å². The Labute approximate surface area is 110 Å². The van der Waals surface area contributed by atoms with E-state index in [0.717, 1.165) is 32.4 Å². The molecule has 1 aliphatic rings. The van der Waals surface area contributed by atoms with E-state index >= 15 is 0 Å². The van der Waals surface area contributed by atoms with Gasteiger partial charge >= 0.3 is 0 Å². The number of nitrogens with one attached hydrogen (secondary N) is 1. The average molecular weight is 353 g/mol. The van der Waals surface area contributed by atoms with Gasteiger partial charge in [0.15, 0.2) is 0 Å². The predicted octanol–water partition coefficient (Wildman–Crippen LogP) is 3.48. The molecular formula is C10H11Br2NOS. The van der Waals surface area contributed by atoms with E-state index in [9.17, 15) is 4.79 Å². The van der Waals surface area contributed by atoms with Gasteiger partial charge in [0.2, 0.25) is 0 Å². The zero-order valence-corrected chi connectivity index (χ0v) is 12.3. The Bertz CT molecular complexity index is 379. The molecular weight excluding hydrogens is 342 g/mol. The number of halogens is 2. The Morgan fingerprint density at radius 2 is 2.33 bits per heavy atom. The zero-order valence-electron chi connectivity index (χ0n) is 8.27. The van der Waals surface area contributed by atoms with Gasteiger partial charge in [0.1, 0.15) is 0 Å². The van der Waals surface area contributed by atoms with Gasteiger partial charge < -0.3 is 5.32 Å². The van der Waals surface area contributed by atoms with E-state index in [1.807, 2.05) is 13.0 Å². The fourth-order valence-electron chi connectivity index (χ4n) is 1.32. The van der Waals surface area contributed by atoms with Gasteiger partial charge in [-0.25, -0.2) is 0 Å². The van der Waals surface area contributed by atoms with Crippen LogP contribution in [0.1, 0.15) is 28.1 Å². The quantitative estimate of drug-likeness (QED) is 0.829. The molecule has 1 saturated carbocycles. The molecule has 1 heterocycles. The minimum atomic E-state index is 0.0292. The first-order valence-electron chi connectivity index (χ1n) is 4.71. The predicted molar refractivity (Wildman–Crippen MR) is 70.0 cm³/mol. The zero-order chi connectivity index (χ0) is 11.1. The van der Waals surface area contributed by atoms with Crippen molar-refractivity contribution in [1.29, 1.82) is 0 Å². The standard InChI is InChI=1S/C10H11Br2NOS/c1-6-4-7(15-8(6)12)9(14)13-10(5-11)2-3-10/h4H,2-3,5H2,1H3,(H,13,14). The van der Waals surface area contributed by atoms with Crippen LogP contribution < -0.4 is 5.32 Å². The minimum Gasteiger partial charge on any atom is -0.345 e. The van der Waals surface area contributed by atoms with Gasteiger partial charge in [0.25, 0.3) is 5.91 Å². The summed E-state index contributed by atoms with van der Waals surface area (Å²) in [6.07, 6.45) is 2.16. The van der Waals surface area contributed by atoms with Crippen LogP contribution >= 0.6 is 43.2 Å². The molecule has 1 fully saturated rings. The van der Waals surface area contributed by atoms with Crippen LogP contribution in [-0.2, 0) is 0 Å². The van der Waals surface area contributed by atoms with Crippen LogP contribution in [0.5, 0.6) is 0 Å². The van der Waals surface area contributed by atoms with Crippen LogP contribution in [0.25, 0.3) is 0 Å². The molecule has 0 bridgehead atoms. The van der Waals surface area contributed by atoms with Crippen molar-refractivity contribution in [3.8, 4) is 0 Å². The highest BCUT2D eigenvalue weighted by molar-refractivity contribution is 9.11. The van der Waals surface area contributed by atoms with E-state index in [1.165, 1.54) is 11.3 Å². The van der Waals surface area contributed by atoms with Crippen molar-refractivity contribution >= 4 is 49.1 Å². The monoisotopic (exact) mass is 351 g/mol. The molecule has 5 heteroatoms. The van der Waals surface area contributed by atoms with Crippen LogP contribution in [-0.4, -0.2) is 16.8 Å². The summed E-state index contributed by atoms with van der Waals surface area (Å²) in [7, 11) is 0. The van der Waals surface area contributed by atoms with Crippen LogP contribution in [0.15, 0.2) is 9.85 Å². The lowest BCUT2D eigenvalue weighted by Gasteiger charge is -2.12. The third kappa shape index (κ3) is 2.45. The molecule has 1 aliphatic carbocycles. The molecule has 0 radical (unpaired) electrons. The molecule has 1 aromatic heterocycles. The van der Waals surface area contributed by atoms with Gasteiger partial charge in [0, 0.05) is 5.33 Å². The summed E-state index contributed by atoms with van der Waals surface area (Å²) in [5.74, 6) is 0.0470. The molecule has 0 aliphatic heterocycles. The fraction of sp³-hybridized carbons (Fsp3) is 0.500. The molecule has 0 spiro atoms. The van der Waals surface area contributed by atoms with Crippen molar-refractivity contribution in [1.82, 2.24) is 5.32 Å². The largest absolute Gasteiger partial charge is 0.345 e. The molecule has 0 unspecified atom stereocenters. The second-order valence-corrected chi connectivity index (χ2v) is 6.87. The lowest BCUT2D eigenvalue weighted by molar-refractivity contribution is 0.0940. The topological polar surface area (TPSA) is 29.1 Å². The maximum atomic E-state index is 11.9. The Hall–Kier alpha value is 0.130. The lowest BCUT2D eigenvalue weighted by atomic mass is 10.3. The smallest absolute Gasteiger partial charge is 0.261 e. The number of aryl methyl sites for hydroxylation is 1. The summed E-state index contributed by atoms with van der Waals surface area (Å²) in [6, 6.07) is 1.92. The number of hydrogen-bond acceptors (Lipinski definition) is 2. The Morgan fingerprint density at radius 1 is 1.67 bits per heavy atom. The van der Waals surface area contributed by atoms with Gasteiger partial charge in [-0.3, -0.25) is 4.79 Å². The van der Waals surface area contributed by atoms with E-state index in [4.69, 9.17) is 0 Å². The molecule has 0 atom stereocenters. The van der Waals surface area contributed by atoms with Gasteiger partial charge in [0.05, 0.1) is 14.2 Å². The van der Waals surface area contributed by atoms with E-state index in [1.54, 1.807) is 0 Å². The molecule has 0 saturated heterocycles. The first-order valence-corrected chi connectivity index (χ1v) is 7.44. The first-order chi connectivity index (χ1) is 7.06. The number of thiophene rings is 1. The van der Waals surface area contributed by atoms with Crippen molar-refractivity contribution in [2.24, 2.45) is 0 Å². The Morgan fingerprint density at radius 3 is 2.73 bits per heavy atom. The highest BCUT2D eigenvalue weighted by Crippen LogP contribution is 2.37. The summed E-state index contributed by atoms with van der Waals surface area (Å²) in [5.41, 5.74) is 1.15. The maximum absolute atomic E-state index is 11.9. The van der Waals surface area contributed by atoms with Crippen LogP contribution in [0.2, 0.25) is 0 Å². The second-order valence-electron chi connectivity index (χ2n) is 3.94. The second kappa shape index (κ2) is 4.18. The average Bonchev–Trinajstić information content (AvgIpc) is 2.89. The SMILES string of the molecule is Cc1cc(C(=O)NC2(CBr)CC2)sc1Br. The molecule has 2 rings (SSSR count). The van der Waals surface area contributed by atoms with Gasteiger partial charge in [-0.1, -0.05) is 15.9 Å². The summed E-state index contributed by atoms with van der Waals surface area (Å²) in [5, 5.41) is 3.92. The van der Waals surface area contributed by atoms with Gasteiger partial charge in [-0.05, 0) is 47.3 Å². The van der Waals surface area contributed by atoms with E-state index in [0.29, 0.717) is 0 Å². The number of alkyl halides is 1. The summed E-state index contributed by atoms with van der Waals surface area (Å²) in [4.78, 5) is 12.7. The van der Waals surface area contributed by atoms with Crippen molar-refractivity contribution < 1.29 is 4.79 Å². The Kier molecular flexibility index (Phi) is 3.24. The highest BCUT2D eigenvalue weighted by Gasteiger charge is 2.43.